The Kier molecular flexibility index (Phi) is 32.5. The maximum Gasteiger partial charge on any atom is 0 e. The summed E-state index contributed by atoms with van der Waals surface area (Å²) in [4.78, 5) is 0. The van der Waals surface area contributed by atoms with Gasteiger partial charge in [-0.15, -0.1) is 0 Å². The average Bonchev–Trinajstić information content (AvgIpc) is 2.19. The summed E-state index contributed by atoms with van der Waals surface area (Å²) in [6.45, 7) is 5.77. The van der Waals surface area contributed by atoms with Gasteiger partial charge in [-0.2, -0.15) is 37.8 Å². The molecule has 0 saturated carbocycles. The van der Waals surface area contributed by atoms with Gasteiger partial charge >= 0.3 is 0 Å². The molecule has 0 fully saturated rings. The van der Waals surface area contributed by atoms with Crippen molar-refractivity contribution in [2.24, 2.45) is 0 Å². The van der Waals surface area contributed by atoms with E-state index in [9.17, 15) is 0 Å². The van der Waals surface area contributed by atoms with Gasteiger partial charge in [0, 0.05) is 16.8 Å². The van der Waals surface area contributed by atoms with Gasteiger partial charge in [-0.3, -0.25) is 0 Å². The molecule has 0 heterocycles. The Morgan fingerprint density at radius 3 is 0.688 bits per heavy atom. The van der Waals surface area contributed by atoms with Crippen LogP contribution in [0, 0.1) is 0 Å². The first-order valence-electron chi connectivity index (χ1n) is 4.88. The van der Waals surface area contributed by atoms with Crippen LogP contribution in [-0.2, 0) is 16.8 Å². The maximum atomic E-state index is 6.64. The summed E-state index contributed by atoms with van der Waals surface area (Å²) in [7, 11) is 0. The van der Waals surface area contributed by atoms with Crippen LogP contribution in [0.2, 0.25) is 0 Å². The van der Waals surface area contributed by atoms with Crippen molar-refractivity contribution >= 4 is 0 Å². The molecule has 1 radical (unpaired) electrons. The Balaban J connectivity index is -0.0000000655. The van der Waals surface area contributed by atoms with Gasteiger partial charge in [-0.1, -0.05) is 20.8 Å². The van der Waals surface area contributed by atoms with Crippen LogP contribution in [0.25, 0.3) is 34.4 Å². The smallest absolute Gasteiger partial charge is 0 e. The largest absolute Gasteiger partial charge is 0.679 e. The first kappa shape index (κ1) is 25.2. The fourth-order valence-corrected chi connectivity index (χ4v) is 0. The van der Waals surface area contributed by atoms with E-state index in [0.717, 1.165) is 0 Å². The van der Waals surface area contributed by atoms with Gasteiger partial charge in [0.05, 0.1) is 0 Å². The van der Waals surface area contributed by atoms with Crippen LogP contribution in [0.3, 0.4) is 0 Å². The van der Waals surface area contributed by atoms with Crippen molar-refractivity contribution in [1.29, 1.82) is 0 Å². The molecule has 6 nitrogen and oxygen atoms in total. The van der Waals surface area contributed by atoms with E-state index in [1.165, 1.54) is 0 Å². The summed E-state index contributed by atoms with van der Waals surface area (Å²) < 4.78 is 0. The molecular weight excluding hydrogens is 251 g/mol. The van der Waals surface area contributed by atoms with Gasteiger partial charge in [-0.25, -0.2) is 0 Å². The Morgan fingerprint density at radius 1 is 0.625 bits per heavy atom. The minimum absolute atomic E-state index is 0. The van der Waals surface area contributed by atoms with Crippen LogP contribution in [0.4, 0.5) is 0 Å². The van der Waals surface area contributed by atoms with E-state index in [4.69, 9.17) is 34.4 Å². The fraction of sp³-hybridized carbons (Fsp3) is 1.00. The molecule has 0 bridgehead atoms. The molecule has 105 valence electrons. The third-order valence-electron chi connectivity index (χ3n) is 0.919. The first-order valence-corrected chi connectivity index (χ1v) is 4.88. The monoisotopic (exact) mass is 275 g/mol. The number of rotatable bonds is 3. The quantitative estimate of drug-likeness (QED) is 0.717. The van der Waals surface area contributed by atoms with E-state index >= 15 is 0 Å². The molecule has 0 spiro atoms. The summed E-state index contributed by atoms with van der Waals surface area (Å²) in [5.41, 5.74) is 39.3. The second-order valence-electron chi connectivity index (χ2n) is 3.32. The van der Waals surface area contributed by atoms with Gasteiger partial charge in [0.2, 0.25) is 0 Å². The van der Waals surface area contributed by atoms with Crippen LogP contribution < -0.4 is 0 Å². The van der Waals surface area contributed by atoms with Gasteiger partial charge in [-0.05, 0) is 0 Å². The third kappa shape index (κ3) is 63.9. The molecule has 3 unspecified atom stereocenters. The number of hydrogen-bond acceptors (Lipinski definition) is 0. The summed E-state index contributed by atoms with van der Waals surface area (Å²) in [6.07, 6.45) is 0. The normalized spacial score (nSPS) is 14.1. The molecule has 0 aliphatic carbocycles. The molecule has 0 aromatic carbocycles. The van der Waals surface area contributed by atoms with Crippen LogP contribution in [0.1, 0.15) is 20.8 Å². The molecule has 3 atom stereocenters. The van der Waals surface area contributed by atoms with E-state index in [2.05, 4.69) is 0 Å². The zero-order valence-electron chi connectivity index (χ0n) is 10.2. The van der Waals surface area contributed by atoms with Crippen molar-refractivity contribution in [2.75, 3.05) is 19.6 Å². The Labute approximate surface area is 110 Å². The molecule has 0 rings (SSSR count). The second kappa shape index (κ2) is 20.7. The molecule has 0 aromatic heterocycles. The molecule has 0 saturated heterocycles. The van der Waals surface area contributed by atoms with Crippen molar-refractivity contribution in [3.05, 3.63) is 34.4 Å². The Hall–Kier alpha value is 0.266. The van der Waals surface area contributed by atoms with Crippen LogP contribution in [0.15, 0.2) is 0 Å². The Morgan fingerprint density at radius 2 is 0.688 bits per heavy atom. The molecular formula is C9H24CoN6-6. The molecule has 0 amide bonds. The van der Waals surface area contributed by atoms with E-state index in [0.29, 0.717) is 0 Å². The summed E-state index contributed by atoms with van der Waals surface area (Å²) in [5, 5.41) is 0. The topological polar surface area (TPSA) is 143 Å². The molecule has 7 heteroatoms. The van der Waals surface area contributed by atoms with Gasteiger partial charge in [0.1, 0.15) is 0 Å². The van der Waals surface area contributed by atoms with Gasteiger partial charge < -0.3 is 34.4 Å². The second-order valence-corrected chi connectivity index (χ2v) is 3.32. The van der Waals surface area contributed by atoms with Gasteiger partial charge in [0.25, 0.3) is 0 Å². The molecule has 0 aliphatic heterocycles. The fourth-order valence-electron chi connectivity index (χ4n) is 0. The maximum absolute atomic E-state index is 6.64. The van der Waals surface area contributed by atoms with Crippen molar-refractivity contribution in [3.63, 3.8) is 0 Å². The number of hydrogen-bond donors (Lipinski definition) is 0. The first-order chi connectivity index (χ1) is 6.81. The summed E-state index contributed by atoms with van der Waals surface area (Å²) >= 11 is 0. The molecule has 6 N–H and O–H groups in total. The van der Waals surface area contributed by atoms with E-state index in [-0.39, 0.29) is 54.5 Å². The molecule has 16 heavy (non-hydrogen) atoms. The zero-order valence-corrected chi connectivity index (χ0v) is 11.2. The van der Waals surface area contributed by atoms with E-state index < -0.39 is 0 Å². The predicted molar refractivity (Wildman–Crippen MR) is 68.9 cm³/mol. The zero-order chi connectivity index (χ0) is 12.9. The molecule has 0 aromatic rings. The van der Waals surface area contributed by atoms with Crippen LogP contribution in [0.5, 0.6) is 0 Å². The van der Waals surface area contributed by atoms with Crippen molar-refractivity contribution < 1.29 is 16.8 Å². The van der Waals surface area contributed by atoms with Crippen molar-refractivity contribution in [3.8, 4) is 0 Å². The minimum atomic E-state index is -0.199. The molecule has 0 aliphatic rings. The average molecular weight is 275 g/mol. The minimum Gasteiger partial charge on any atom is -0.679 e. The summed E-state index contributed by atoms with van der Waals surface area (Å²) in [5.74, 6) is 0. The van der Waals surface area contributed by atoms with Crippen molar-refractivity contribution in [1.82, 2.24) is 0 Å². The van der Waals surface area contributed by atoms with Gasteiger partial charge in [0.15, 0.2) is 0 Å². The Bertz CT molecular complexity index is 81.0. The standard InChI is InChI=1S/3C3H8N2.Co/c3*1-3(5)2-4;/h3*3-5H,2H2,1H3;/q3*-2;. The third-order valence-corrected chi connectivity index (χ3v) is 0.919. The summed E-state index contributed by atoms with van der Waals surface area (Å²) in [6, 6.07) is -0.597. The van der Waals surface area contributed by atoms with E-state index in [1.54, 1.807) is 20.8 Å². The van der Waals surface area contributed by atoms with E-state index in [1.807, 2.05) is 0 Å². The van der Waals surface area contributed by atoms with Crippen LogP contribution >= 0.6 is 0 Å². The van der Waals surface area contributed by atoms with Crippen LogP contribution in [-0.4, -0.2) is 37.8 Å². The number of nitrogens with one attached hydrogen (secondary N) is 6. The SMILES string of the molecule is CC([NH-])C[NH-].CC([NH-])C[NH-].CC([NH-])C[NH-].[Co]. The van der Waals surface area contributed by atoms with Crippen molar-refractivity contribution in [2.45, 2.75) is 38.9 Å². The predicted octanol–water partition coefficient (Wildman–Crippen LogP) is 4.44.